The highest BCUT2D eigenvalue weighted by Gasteiger charge is 2.32. The second-order valence-electron chi connectivity index (χ2n) is 3.30. The van der Waals surface area contributed by atoms with E-state index in [1.165, 1.54) is 0 Å². The van der Waals surface area contributed by atoms with E-state index in [0.29, 0.717) is 0 Å². The van der Waals surface area contributed by atoms with Gasteiger partial charge in [-0.1, -0.05) is 6.07 Å². The first-order chi connectivity index (χ1) is 6.82. The fourth-order valence-corrected chi connectivity index (χ4v) is 1.81. The zero-order valence-electron chi connectivity index (χ0n) is 8.41. The first-order valence-electron chi connectivity index (χ1n) is 4.68. The van der Waals surface area contributed by atoms with E-state index in [1.807, 2.05) is 32.4 Å². The summed E-state index contributed by atoms with van der Waals surface area (Å²) in [7, 11) is 3.87. The third kappa shape index (κ3) is 1.23. The summed E-state index contributed by atoms with van der Waals surface area (Å²) in [5.41, 5.74) is 0.887. The lowest BCUT2D eigenvalue weighted by Gasteiger charge is -2.35. The summed E-state index contributed by atoms with van der Waals surface area (Å²) >= 11 is 0. The molecule has 0 unspecified atom stereocenters. The molecule has 2 rings (SSSR count). The normalized spacial score (nSPS) is 17.9. The molecule has 74 valence electrons. The summed E-state index contributed by atoms with van der Waals surface area (Å²) < 4.78 is 0. The Labute approximate surface area is 83.5 Å². The molecule has 1 aliphatic heterocycles. The van der Waals surface area contributed by atoms with E-state index in [0.717, 1.165) is 17.8 Å². The van der Waals surface area contributed by atoms with Crippen molar-refractivity contribution in [2.75, 3.05) is 14.1 Å². The minimum atomic E-state index is -0.217. The minimum Gasteiger partial charge on any atom is -0.298 e. The molecule has 0 atom stereocenters. The van der Waals surface area contributed by atoms with Crippen LogP contribution in [-0.4, -0.2) is 25.3 Å². The van der Waals surface area contributed by atoms with Crippen LogP contribution in [0.1, 0.15) is 12.0 Å². The average Bonchev–Trinajstić information content (AvgIpc) is 2.28. The molecule has 0 bridgehead atoms. The van der Waals surface area contributed by atoms with Crippen molar-refractivity contribution >= 4 is 12.0 Å². The highest BCUT2D eigenvalue weighted by Crippen LogP contribution is 2.31. The Morgan fingerprint density at radius 3 is 2.86 bits per heavy atom. The van der Waals surface area contributed by atoms with Crippen LogP contribution >= 0.6 is 0 Å². The lowest BCUT2D eigenvalue weighted by Crippen LogP contribution is -2.52. The standard InChI is InChI=1S/C10H14N4/c1-11-10(12-2)5-7-14-9-8(10)4-3-6-13-9/h3-4,6-7,11-12H,5H2,1-2H3. The van der Waals surface area contributed by atoms with Gasteiger partial charge in [0.15, 0.2) is 5.82 Å². The van der Waals surface area contributed by atoms with Gasteiger partial charge < -0.3 is 0 Å². The van der Waals surface area contributed by atoms with Gasteiger partial charge in [0.1, 0.15) is 5.66 Å². The Bertz CT molecular complexity index is 355. The molecule has 14 heavy (non-hydrogen) atoms. The predicted molar refractivity (Wildman–Crippen MR) is 56.8 cm³/mol. The fourth-order valence-electron chi connectivity index (χ4n) is 1.81. The van der Waals surface area contributed by atoms with E-state index in [-0.39, 0.29) is 5.66 Å². The van der Waals surface area contributed by atoms with E-state index in [9.17, 15) is 0 Å². The molecule has 4 nitrogen and oxygen atoms in total. The highest BCUT2D eigenvalue weighted by molar-refractivity contribution is 5.69. The van der Waals surface area contributed by atoms with Crippen LogP contribution in [0, 0.1) is 0 Å². The van der Waals surface area contributed by atoms with Gasteiger partial charge in [-0.15, -0.1) is 0 Å². The van der Waals surface area contributed by atoms with E-state index < -0.39 is 0 Å². The molecular weight excluding hydrogens is 176 g/mol. The molecule has 2 heterocycles. The third-order valence-electron chi connectivity index (χ3n) is 2.71. The van der Waals surface area contributed by atoms with Crippen LogP contribution in [0.3, 0.4) is 0 Å². The molecule has 4 heteroatoms. The van der Waals surface area contributed by atoms with E-state index in [4.69, 9.17) is 0 Å². The average molecular weight is 190 g/mol. The molecule has 0 saturated carbocycles. The van der Waals surface area contributed by atoms with Gasteiger partial charge >= 0.3 is 0 Å². The summed E-state index contributed by atoms with van der Waals surface area (Å²) in [6.07, 6.45) is 4.48. The van der Waals surface area contributed by atoms with Crippen molar-refractivity contribution in [3.8, 4) is 0 Å². The largest absolute Gasteiger partial charge is 0.298 e. The van der Waals surface area contributed by atoms with Crippen molar-refractivity contribution in [3.05, 3.63) is 23.9 Å². The van der Waals surface area contributed by atoms with Gasteiger partial charge in [-0.2, -0.15) is 0 Å². The van der Waals surface area contributed by atoms with Crippen LogP contribution in [-0.2, 0) is 5.66 Å². The Hall–Kier alpha value is -1.26. The molecular formula is C10H14N4. The second-order valence-corrected chi connectivity index (χ2v) is 3.30. The monoisotopic (exact) mass is 190 g/mol. The summed E-state index contributed by atoms with van der Waals surface area (Å²) in [4.78, 5) is 8.50. The maximum absolute atomic E-state index is 4.27. The topological polar surface area (TPSA) is 49.3 Å². The van der Waals surface area contributed by atoms with Crippen LogP contribution in [0.5, 0.6) is 0 Å². The number of nitrogens with zero attached hydrogens (tertiary/aromatic N) is 2. The molecule has 2 N–H and O–H groups in total. The smallest absolute Gasteiger partial charge is 0.157 e. The van der Waals surface area contributed by atoms with Gasteiger partial charge in [-0.25, -0.2) is 9.98 Å². The molecule has 1 aromatic rings. The Morgan fingerprint density at radius 2 is 2.14 bits per heavy atom. The van der Waals surface area contributed by atoms with Gasteiger partial charge in [-0.05, 0) is 20.2 Å². The van der Waals surface area contributed by atoms with Crippen molar-refractivity contribution in [3.63, 3.8) is 0 Å². The summed E-state index contributed by atoms with van der Waals surface area (Å²) in [6, 6.07) is 3.98. The summed E-state index contributed by atoms with van der Waals surface area (Å²) in [6.45, 7) is 0. The van der Waals surface area contributed by atoms with Gasteiger partial charge in [0.2, 0.25) is 0 Å². The van der Waals surface area contributed by atoms with Crippen LogP contribution in [0.25, 0.3) is 0 Å². The number of aromatic nitrogens is 1. The van der Waals surface area contributed by atoms with Crippen LogP contribution < -0.4 is 10.6 Å². The van der Waals surface area contributed by atoms with E-state index in [2.05, 4.69) is 20.6 Å². The number of hydrogen-bond donors (Lipinski definition) is 2. The maximum Gasteiger partial charge on any atom is 0.157 e. The maximum atomic E-state index is 4.27. The van der Waals surface area contributed by atoms with Crippen molar-refractivity contribution in [1.82, 2.24) is 15.6 Å². The number of nitrogens with one attached hydrogen (secondary N) is 2. The Kier molecular flexibility index (Phi) is 2.31. The first kappa shape index (κ1) is 9.30. The van der Waals surface area contributed by atoms with Crippen LogP contribution in [0.15, 0.2) is 23.3 Å². The molecule has 0 aromatic carbocycles. The number of aliphatic imine (C=N–C) groups is 1. The number of fused-ring (bicyclic) bond motifs is 1. The van der Waals surface area contributed by atoms with Crippen LogP contribution in [0.4, 0.5) is 5.82 Å². The number of pyridine rings is 1. The number of hydrogen-bond acceptors (Lipinski definition) is 4. The highest BCUT2D eigenvalue weighted by atomic mass is 15.2. The molecule has 0 spiro atoms. The van der Waals surface area contributed by atoms with Crippen molar-refractivity contribution in [2.45, 2.75) is 12.1 Å². The summed E-state index contributed by atoms with van der Waals surface area (Å²) in [5.74, 6) is 0.794. The van der Waals surface area contributed by atoms with Crippen molar-refractivity contribution < 1.29 is 0 Å². The SMILES string of the molecule is CNC1(NC)CC=Nc2ncccc21. The molecule has 1 aliphatic rings. The first-order valence-corrected chi connectivity index (χ1v) is 4.68. The van der Waals surface area contributed by atoms with E-state index >= 15 is 0 Å². The molecule has 0 radical (unpaired) electrons. The molecule has 0 saturated heterocycles. The molecule has 0 aliphatic carbocycles. The second kappa shape index (κ2) is 3.48. The van der Waals surface area contributed by atoms with Gasteiger partial charge in [0, 0.05) is 24.4 Å². The predicted octanol–water partition coefficient (Wildman–Crippen LogP) is 0.779. The quantitative estimate of drug-likeness (QED) is 0.677. The molecule has 1 aromatic heterocycles. The van der Waals surface area contributed by atoms with Crippen LogP contribution in [0.2, 0.25) is 0 Å². The zero-order chi connectivity index (χ0) is 10.0. The van der Waals surface area contributed by atoms with Gasteiger partial charge in [0.05, 0.1) is 0 Å². The third-order valence-corrected chi connectivity index (χ3v) is 2.71. The molecule has 0 amide bonds. The number of rotatable bonds is 2. The Balaban J connectivity index is 2.54. The van der Waals surface area contributed by atoms with E-state index in [1.54, 1.807) is 6.20 Å². The Morgan fingerprint density at radius 1 is 1.36 bits per heavy atom. The molecule has 0 fully saturated rings. The zero-order valence-corrected chi connectivity index (χ0v) is 8.41. The lowest BCUT2D eigenvalue weighted by molar-refractivity contribution is 0.314. The minimum absolute atomic E-state index is 0.217. The summed E-state index contributed by atoms with van der Waals surface area (Å²) in [5, 5.41) is 6.56. The lowest BCUT2D eigenvalue weighted by atomic mass is 9.95. The van der Waals surface area contributed by atoms with Crippen molar-refractivity contribution in [2.24, 2.45) is 4.99 Å². The van der Waals surface area contributed by atoms with Crippen molar-refractivity contribution in [1.29, 1.82) is 0 Å². The van der Waals surface area contributed by atoms with Gasteiger partial charge in [-0.3, -0.25) is 10.6 Å². The van der Waals surface area contributed by atoms with Gasteiger partial charge in [0.25, 0.3) is 0 Å². The fraction of sp³-hybridized carbons (Fsp3) is 0.400.